The van der Waals surface area contributed by atoms with Gasteiger partial charge in [0.25, 0.3) is 0 Å². The number of aliphatic carboxylic acids is 1. The van der Waals surface area contributed by atoms with Crippen molar-refractivity contribution in [1.82, 2.24) is 0 Å². The zero-order valence-electron chi connectivity index (χ0n) is 8.35. The Labute approximate surface area is 83.8 Å². The Morgan fingerprint density at radius 1 is 1.57 bits per heavy atom. The van der Waals surface area contributed by atoms with Gasteiger partial charge in [-0.15, -0.1) is 0 Å². The van der Waals surface area contributed by atoms with Crippen molar-refractivity contribution >= 4 is 13.1 Å². The number of rotatable bonds is 3. The fraction of sp³-hybridized carbons (Fsp3) is 0.875. The lowest BCUT2D eigenvalue weighted by Gasteiger charge is -1.95. The van der Waals surface area contributed by atoms with Crippen molar-refractivity contribution in [1.29, 1.82) is 0 Å². The van der Waals surface area contributed by atoms with Crippen LogP contribution in [-0.2, 0) is 9.53 Å². The van der Waals surface area contributed by atoms with Gasteiger partial charge in [0, 0.05) is 6.61 Å². The molecule has 0 aromatic rings. The van der Waals surface area contributed by atoms with Crippen molar-refractivity contribution in [3.63, 3.8) is 0 Å². The molecule has 0 spiro atoms. The van der Waals surface area contributed by atoms with E-state index in [1.165, 1.54) is 0 Å². The van der Waals surface area contributed by atoms with E-state index in [-0.39, 0.29) is 5.92 Å². The van der Waals surface area contributed by atoms with Gasteiger partial charge in [0.15, 0.2) is 0 Å². The fourth-order valence-corrected chi connectivity index (χ4v) is 0.987. The minimum atomic E-state index is -1.10. The average molecular weight is 204 g/mol. The molecule has 0 aliphatic carbocycles. The van der Waals surface area contributed by atoms with Crippen LogP contribution in [0.1, 0.15) is 19.8 Å². The number of hydrogen-bond donors (Lipinski definition) is 3. The molecule has 0 aromatic carbocycles. The third-order valence-corrected chi connectivity index (χ3v) is 1.83. The topological polar surface area (TPSA) is 87.0 Å². The Balaban J connectivity index is 0.000000255. The summed E-state index contributed by atoms with van der Waals surface area (Å²) in [6, 6.07) is 0. The summed E-state index contributed by atoms with van der Waals surface area (Å²) >= 11 is 0. The summed E-state index contributed by atoms with van der Waals surface area (Å²) in [6.45, 7) is 2.91. The van der Waals surface area contributed by atoms with Crippen molar-refractivity contribution < 1.29 is 24.7 Å². The standard InChI is InChI=1S/C5H8O3.C3H9BO2/c6-5(7)4-1-2-8-3-4;1-2-3-4(5)6/h4H,1-3H2,(H,6,7);5-6H,2-3H2,1H3/t4-;/m1./s1. The lowest BCUT2D eigenvalue weighted by atomic mass is 9.85. The van der Waals surface area contributed by atoms with E-state index in [1.807, 2.05) is 6.92 Å². The summed E-state index contributed by atoms with van der Waals surface area (Å²) in [7, 11) is -1.10. The zero-order chi connectivity index (χ0) is 11.0. The molecule has 3 N–H and O–H groups in total. The van der Waals surface area contributed by atoms with Crippen LogP contribution in [0.2, 0.25) is 6.32 Å². The molecule has 14 heavy (non-hydrogen) atoms. The molecule has 5 nitrogen and oxygen atoms in total. The molecule has 1 atom stereocenters. The van der Waals surface area contributed by atoms with Gasteiger partial charge >= 0.3 is 13.1 Å². The first-order valence-electron chi connectivity index (χ1n) is 4.74. The van der Waals surface area contributed by atoms with E-state index in [2.05, 4.69) is 0 Å². The maximum Gasteiger partial charge on any atom is 0.451 e. The predicted octanol–water partition coefficient (Wildman–Crippen LogP) is -0.0233. The minimum absolute atomic E-state index is 0.241. The van der Waals surface area contributed by atoms with Crippen LogP contribution in [0.3, 0.4) is 0 Å². The van der Waals surface area contributed by atoms with Crippen LogP contribution >= 0.6 is 0 Å². The first kappa shape index (κ1) is 13.4. The molecule has 1 saturated heterocycles. The molecule has 1 aliphatic rings. The molecule has 0 bridgehead atoms. The molecule has 1 fully saturated rings. The highest BCUT2D eigenvalue weighted by Crippen LogP contribution is 2.11. The van der Waals surface area contributed by atoms with Gasteiger partial charge < -0.3 is 19.9 Å². The van der Waals surface area contributed by atoms with Gasteiger partial charge in [0.05, 0.1) is 12.5 Å². The van der Waals surface area contributed by atoms with Gasteiger partial charge in [-0.3, -0.25) is 4.79 Å². The van der Waals surface area contributed by atoms with Crippen LogP contribution in [0.15, 0.2) is 0 Å². The number of hydrogen-bond acceptors (Lipinski definition) is 4. The van der Waals surface area contributed by atoms with Gasteiger partial charge in [-0.1, -0.05) is 13.3 Å². The van der Waals surface area contributed by atoms with E-state index in [0.717, 1.165) is 6.42 Å². The molecule has 1 rings (SSSR count). The van der Waals surface area contributed by atoms with Crippen molar-refractivity contribution in [2.45, 2.75) is 26.1 Å². The monoisotopic (exact) mass is 204 g/mol. The van der Waals surface area contributed by atoms with Crippen molar-refractivity contribution in [2.75, 3.05) is 13.2 Å². The van der Waals surface area contributed by atoms with Crippen LogP contribution in [0.25, 0.3) is 0 Å². The van der Waals surface area contributed by atoms with Gasteiger partial charge in [0.2, 0.25) is 0 Å². The number of ether oxygens (including phenoxy) is 1. The quantitative estimate of drug-likeness (QED) is 0.562. The second-order valence-electron chi connectivity index (χ2n) is 3.17. The first-order valence-corrected chi connectivity index (χ1v) is 4.74. The Hall–Kier alpha value is -0.585. The summed E-state index contributed by atoms with van der Waals surface area (Å²) in [5.74, 6) is -0.975. The summed E-state index contributed by atoms with van der Waals surface area (Å²) in [5.41, 5.74) is 0. The first-order chi connectivity index (χ1) is 6.57. The van der Waals surface area contributed by atoms with E-state index < -0.39 is 13.1 Å². The van der Waals surface area contributed by atoms with E-state index in [0.29, 0.717) is 26.0 Å². The Bertz CT molecular complexity index is 156. The Morgan fingerprint density at radius 2 is 2.21 bits per heavy atom. The minimum Gasteiger partial charge on any atom is -0.481 e. The van der Waals surface area contributed by atoms with Crippen LogP contribution in [0, 0.1) is 5.92 Å². The van der Waals surface area contributed by atoms with Crippen molar-refractivity contribution in [3.05, 3.63) is 0 Å². The smallest absolute Gasteiger partial charge is 0.451 e. The Morgan fingerprint density at radius 3 is 2.36 bits per heavy atom. The van der Waals surface area contributed by atoms with Crippen LogP contribution < -0.4 is 0 Å². The van der Waals surface area contributed by atoms with E-state index in [1.54, 1.807) is 0 Å². The van der Waals surface area contributed by atoms with Gasteiger partial charge in [0.1, 0.15) is 0 Å². The molecule has 0 amide bonds. The Kier molecular flexibility index (Phi) is 7.46. The third-order valence-electron chi connectivity index (χ3n) is 1.83. The second-order valence-corrected chi connectivity index (χ2v) is 3.17. The molecule has 1 aliphatic heterocycles. The summed E-state index contributed by atoms with van der Waals surface area (Å²) in [4.78, 5) is 10.1. The van der Waals surface area contributed by atoms with E-state index in [9.17, 15) is 4.79 Å². The zero-order valence-corrected chi connectivity index (χ0v) is 8.35. The van der Waals surface area contributed by atoms with Gasteiger partial charge in [-0.05, 0) is 12.7 Å². The van der Waals surface area contributed by atoms with Gasteiger partial charge in [-0.2, -0.15) is 0 Å². The highest BCUT2D eigenvalue weighted by Gasteiger charge is 2.21. The molecule has 0 radical (unpaired) electrons. The number of carboxylic acids is 1. The lowest BCUT2D eigenvalue weighted by Crippen LogP contribution is -2.12. The van der Waals surface area contributed by atoms with E-state index in [4.69, 9.17) is 19.9 Å². The summed E-state index contributed by atoms with van der Waals surface area (Å²) in [5, 5.41) is 24.5. The second kappa shape index (κ2) is 7.79. The molecule has 82 valence electrons. The lowest BCUT2D eigenvalue weighted by molar-refractivity contribution is -0.141. The maximum absolute atomic E-state index is 10.1. The van der Waals surface area contributed by atoms with Crippen molar-refractivity contribution in [2.24, 2.45) is 5.92 Å². The SMILES string of the molecule is CCCB(O)O.O=C(O)[C@@H]1CCOC1. The summed E-state index contributed by atoms with van der Waals surface area (Å²) in [6.07, 6.45) is 1.99. The van der Waals surface area contributed by atoms with Crippen molar-refractivity contribution in [3.8, 4) is 0 Å². The summed E-state index contributed by atoms with van der Waals surface area (Å²) < 4.78 is 4.84. The molecule has 0 saturated carbocycles. The maximum atomic E-state index is 10.1. The van der Waals surface area contributed by atoms with Crippen LogP contribution in [0.5, 0.6) is 0 Å². The highest BCUT2D eigenvalue weighted by molar-refractivity contribution is 6.40. The normalized spacial score (nSPS) is 19.8. The van der Waals surface area contributed by atoms with Crippen LogP contribution in [-0.4, -0.2) is 41.5 Å². The average Bonchev–Trinajstić information content (AvgIpc) is 2.56. The fourth-order valence-electron chi connectivity index (χ4n) is 0.987. The largest absolute Gasteiger partial charge is 0.481 e. The molecule has 6 heteroatoms. The molecular weight excluding hydrogens is 187 g/mol. The predicted molar refractivity (Wildman–Crippen MR) is 51.9 cm³/mol. The third kappa shape index (κ3) is 6.88. The highest BCUT2D eigenvalue weighted by atomic mass is 16.5. The molecular formula is C8H17BO5. The van der Waals surface area contributed by atoms with Crippen LogP contribution in [0.4, 0.5) is 0 Å². The number of carbonyl (C=O) groups is 1. The van der Waals surface area contributed by atoms with Gasteiger partial charge in [-0.25, -0.2) is 0 Å². The van der Waals surface area contributed by atoms with E-state index >= 15 is 0 Å². The molecule has 1 heterocycles. The number of carboxylic acid groups (broad SMARTS) is 1. The molecule has 0 aromatic heterocycles. The molecule has 0 unspecified atom stereocenters.